The van der Waals surface area contributed by atoms with E-state index in [4.69, 9.17) is 0 Å². The lowest BCUT2D eigenvalue weighted by Gasteiger charge is -2.36. The van der Waals surface area contributed by atoms with E-state index in [-0.39, 0.29) is 17.9 Å². The zero-order valence-corrected chi connectivity index (χ0v) is 14.1. The van der Waals surface area contributed by atoms with Crippen molar-refractivity contribution >= 4 is 11.8 Å². The van der Waals surface area contributed by atoms with E-state index in [2.05, 4.69) is 18.9 Å². The highest BCUT2D eigenvalue weighted by molar-refractivity contribution is 5.78. The molecule has 1 fully saturated rings. The summed E-state index contributed by atoms with van der Waals surface area (Å²) in [6.45, 7) is 7.03. The number of carbonyl (C=O) groups is 2. The normalized spacial score (nSPS) is 21.2. The van der Waals surface area contributed by atoms with Crippen molar-refractivity contribution in [1.82, 2.24) is 19.6 Å². The molecule has 2 aliphatic rings. The Balaban J connectivity index is 1.69. The summed E-state index contributed by atoms with van der Waals surface area (Å²) in [5.41, 5.74) is 1.06. The van der Waals surface area contributed by atoms with Crippen molar-refractivity contribution in [1.29, 1.82) is 0 Å². The molecule has 1 atom stereocenters. The van der Waals surface area contributed by atoms with Crippen LogP contribution in [0, 0.1) is 5.92 Å². The molecule has 3 heterocycles. The highest BCUT2D eigenvalue weighted by atomic mass is 16.2. The van der Waals surface area contributed by atoms with Crippen LogP contribution in [0.25, 0.3) is 0 Å². The molecule has 1 aromatic heterocycles. The van der Waals surface area contributed by atoms with Crippen molar-refractivity contribution in [3.63, 3.8) is 0 Å². The molecular weight excluding hydrogens is 292 g/mol. The summed E-state index contributed by atoms with van der Waals surface area (Å²) in [7, 11) is 0. The fraction of sp³-hybridized carbons (Fsp3) is 0.706. The molecule has 1 aromatic rings. The van der Waals surface area contributed by atoms with Gasteiger partial charge in [0, 0.05) is 38.7 Å². The summed E-state index contributed by atoms with van der Waals surface area (Å²) in [6.07, 6.45) is 4.89. The van der Waals surface area contributed by atoms with Gasteiger partial charge in [0.25, 0.3) is 0 Å². The first-order valence-electron chi connectivity index (χ1n) is 8.62. The molecule has 23 heavy (non-hydrogen) atoms. The van der Waals surface area contributed by atoms with Crippen molar-refractivity contribution in [2.45, 2.75) is 52.1 Å². The molecule has 6 heteroatoms. The second-order valence-electron chi connectivity index (χ2n) is 7.07. The van der Waals surface area contributed by atoms with Crippen LogP contribution in [0.3, 0.4) is 0 Å². The summed E-state index contributed by atoms with van der Waals surface area (Å²) in [5.74, 6) is 0.971. The number of aromatic nitrogens is 2. The molecule has 2 aliphatic heterocycles. The van der Waals surface area contributed by atoms with Crippen LogP contribution in [0.4, 0.5) is 0 Å². The van der Waals surface area contributed by atoms with Crippen LogP contribution in [0.1, 0.15) is 51.3 Å². The number of amides is 2. The molecule has 6 nitrogen and oxygen atoms in total. The van der Waals surface area contributed by atoms with Gasteiger partial charge in [-0.25, -0.2) is 0 Å². The second kappa shape index (κ2) is 6.72. The minimum atomic E-state index is 0.0683. The van der Waals surface area contributed by atoms with Gasteiger partial charge in [0.15, 0.2) is 0 Å². The monoisotopic (exact) mass is 318 g/mol. The third-order valence-corrected chi connectivity index (χ3v) is 4.77. The average molecular weight is 318 g/mol. The Morgan fingerprint density at radius 3 is 2.96 bits per heavy atom. The summed E-state index contributed by atoms with van der Waals surface area (Å²) >= 11 is 0. The maximum absolute atomic E-state index is 12.5. The molecule has 0 unspecified atom stereocenters. The van der Waals surface area contributed by atoms with Gasteiger partial charge >= 0.3 is 0 Å². The standard InChI is InChI=1S/C17H26N4O2/c1-13(2)5-6-17(23)20-10-14-7-8-18-21(14)15(12-20)11-19-9-3-4-16(19)22/h7-8,13,15H,3-6,9-12H2,1-2H3/t15-/m1/s1. The van der Waals surface area contributed by atoms with E-state index >= 15 is 0 Å². The molecule has 1 saturated heterocycles. The molecule has 0 bridgehead atoms. The SMILES string of the molecule is CC(C)CCC(=O)N1Cc2ccnn2[C@H](CN2CCCC2=O)C1. The van der Waals surface area contributed by atoms with Crippen LogP contribution in [0.15, 0.2) is 12.3 Å². The van der Waals surface area contributed by atoms with Crippen LogP contribution in [-0.4, -0.2) is 51.0 Å². The Bertz CT molecular complexity index is 581. The molecule has 0 saturated carbocycles. The predicted molar refractivity (Wildman–Crippen MR) is 86.6 cm³/mol. The van der Waals surface area contributed by atoms with Crippen LogP contribution in [-0.2, 0) is 16.1 Å². The maximum atomic E-state index is 12.5. The Kier molecular flexibility index (Phi) is 4.68. The number of hydrogen-bond donors (Lipinski definition) is 0. The van der Waals surface area contributed by atoms with Gasteiger partial charge in [-0.05, 0) is 24.8 Å². The number of likely N-dealkylation sites (tertiary alicyclic amines) is 1. The molecule has 0 N–H and O–H groups in total. The van der Waals surface area contributed by atoms with Crippen molar-refractivity contribution in [3.8, 4) is 0 Å². The first-order valence-corrected chi connectivity index (χ1v) is 8.62. The van der Waals surface area contributed by atoms with Crippen LogP contribution in [0.2, 0.25) is 0 Å². The van der Waals surface area contributed by atoms with Gasteiger partial charge in [0.2, 0.25) is 11.8 Å². The van der Waals surface area contributed by atoms with Gasteiger partial charge < -0.3 is 9.80 Å². The molecule has 0 aliphatic carbocycles. The van der Waals surface area contributed by atoms with Gasteiger partial charge in [0.1, 0.15) is 0 Å². The average Bonchev–Trinajstić information content (AvgIpc) is 3.14. The van der Waals surface area contributed by atoms with Crippen molar-refractivity contribution in [2.75, 3.05) is 19.6 Å². The zero-order chi connectivity index (χ0) is 16.4. The van der Waals surface area contributed by atoms with E-state index in [1.54, 1.807) is 6.20 Å². The van der Waals surface area contributed by atoms with Gasteiger partial charge in [-0.15, -0.1) is 0 Å². The van der Waals surface area contributed by atoms with Crippen molar-refractivity contribution in [3.05, 3.63) is 18.0 Å². The number of nitrogens with zero attached hydrogens (tertiary/aromatic N) is 4. The van der Waals surface area contributed by atoms with E-state index in [9.17, 15) is 9.59 Å². The molecular formula is C17H26N4O2. The van der Waals surface area contributed by atoms with E-state index < -0.39 is 0 Å². The number of hydrogen-bond acceptors (Lipinski definition) is 3. The Morgan fingerprint density at radius 2 is 2.26 bits per heavy atom. The Hall–Kier alpha value is -1.85. The lowest BCUT2D eigenvalue weighted by molar-refractivity contribution is -0.134. The predicted octanol–water partition coefficient (Wildman–Crippen LogP) is 1.82. The fourth-order valence-electron chi connectivity index (χ4n) is 3.43. The second-order valence-corrected chi connectivity index (χ2v) is 7.07. The Labute approximate surface area is 137 Å². The maximum Gasteiger partial charge on any atom is 0.223 e. The number of rotatable bonds is 5. The molecule has 0 spiro atoms. The minimum Gasteiger partial charge on any atom is -0.340 e. The topological polar surface area (TPSA) is 58.4 Å². The van der Waals surface area contributed by atoms with Crippen molar-refractivity contribution in [2.24, 2.45) is 5.92 Å². The van der Waals surface area contributed by atoms with Crippen LogP contribution in [0.5, 0.6) is 0 Å². The van der Waals surface area contributed by atoms with E-state index in [1.165, 1.54) is 0 Å². The molecule has 3 rings (SSSR count). The highest BCUT2D eigenvalue weighted by Gasteiger charge is 2.31. The molecule has 0 radical (unpaired) electrons. The molecule has 2 amide bonds. The fourth-order valence-corrected chi connectivity index (χ4v) is 3.43. The summed E-state index contributed by atoms with van der Waals surface area (Å²) in [5, 5.41) is 4.41. The minimum absolute atomic E-state index is 0.0683. The number of fused-ring (bicyclic) bond motifs is 1. The Morgan fingerprint density at radius 1 is 1.43 bits per heavy atom. The van der Waals surface area contributed by atoms with Gasteiger partial charge in [0.05, 0.1) is 18.3 Å². The molecule has 0 aromatic carbocycles. The summed E-state index contributed by atoms with van der Waals surface area (Å²) in [4.78, 5) is 28.3. The largest absolute Gasteiger partial charge is 0.340 e. The van der Waals surface area contributed by atoms with Gasteiger partial charge in [-0.1, -0.05) is 13.8 Å². The van der Waals surface area contributed by atoms with E-state index in [0.29, 0.717) is 38.4 Å². The first-order chi connectivity index (χ1) is 11.0. The van der Waals surface area contributed by atoms with Crippen LogP contribution < -0.4 is 0 Å². The summed E-state index contributed by atoms with van der Waals surface area (Å²) in [6, 6.07) is 2.04. The summed E-state index contributed by atoms with van der Waals surface area (Å²) < 4.78 is 2.00. The molecule has 126 valence electrons. The lowest BCUT2D eigenvalue weighted by Crippen LogP contribution is -2.45. The van der Waals surface area contributed by atoms with Gasteiger partial charge in [-0.2, -0.15) is 5.10 Å². The lowest BCUT2D eigenvalue weighted by atomic mass is 10.1. The first kappa shape index (κ1) is 16.0. The van der Waals surface area contributed by atoms with Crippen molar-refractivity contribution < 1.29 is 9.59 Å². The van der Waals surface area contributed by atoms with E-state index in [0.717, 1.165) is 25.1 Å². The third-order valence-electron chi connectivity index (χ3n) is 4.77. The smallest absolute Gasteiger partial charge is 0.223 e. The quantitative estimate of drug-likeness (QED) is 0.832. The van der Waals surface area contributed by atoms with E-state index in [1.807, 2.05) is 20.5 Å². The highest BCUT2D eigenvalue weighted by Crippen LogP contribution is 2.24. The van der Waals surface area contributed by atoms with Gasteiger partial charge in [-0.3, -0.25) is 14.3 Å². The zero-order valence-electron chi connectivity index (χ0n) is 14.1. The third kappa shape index (κ3) is 3.57. The number of carbonyl (C=O) groups excluding carboxylic acids is 2. The van der Waals surface area contributed by atoms with Crippen LogP contribution >= 0.6 is 0 Å².